The SMILES string of the molecule is COc1nn(C)cc1C(=O)NCc1cc(-c2ccc(F)cc2)on1. The average Bonchev–Trinajstić information content (AvgIpc) is 3.19. The number of rotatable bonds is 5. The quantitative estimate of drug-likeness (QED) is 0.775. The summed E-state index contributed by atoms with van der Waals surface area (Å²) in [6.07, 6.45) is 1.57. The van der Waals surface area contributed by atoms with E-state index in [-0.39, 0.29) is 24.1 Å². The van der Waals surface area contributed by atoms with E-state index in [1.807, 2.05) is 0 Å². The van der Waals surface area contributed by atoms with E-state index >= 15 is 0 Å². The third-order valence-electron chi connectivity index (χ3n) is 3.35. The summed E-state index contributed by atoms with van der Waals surface area (Å²) in [6.45, 7) is 0.182. The van der Waals surface area contributed by atoms with Gasteiger partial charge in [-0.25, -0.2) is 4.39 Å². The van der Waals surface area contributed by atoms with Gasteiger partial charge in [-0.2, -0.15) is 0 Å². The van der Waals surface area contributed by atoms with E-state index in [0.717, 1.165) is 0 Å². The molecule has 0 radical (unpaired) electrons. The molecule has 1 N–H and O–H groups in total. The number of aromatic nitrogens is 3. The van der Waals surface area contributed by atoms with Crippen molar-refractivity contribution in [3.8, 4) is 17.2 Å². The van der Waals surface area contributed by atoms with Gasteiger partial charge in [-0.05, 0) is 24.3 Å². The maximum Gasteiger partial charge on any atom is 0.258 e. The van der Waals surface area contributed by atoms with Crippen LogP contribution in [0.5, 0.6) is 5.88 Å². The molecule has 1 amide bonds. The van der Waals surface area contributed by atoms with Gasteiger partial charge in [0.25, 0.3) is 5.91 Å². The minimum absolute atomic E-state index is 0.182. The van der Waals surface area contributed by atoms with Crippen molar-refractivity contribution in [1.29, 1.82) is 0 Å². The highest BCUT2D eigenvalue weighted by atomic mass is 19.1. The van der Waals surface area contributed by atoms with E-state index in [9.17, 15) is 9.18 Å². The maximum atomic E-state index is 12.9. The minimum atomic E-state index is -0.328. The second-order valence-corrected chi connectivity index (χ2v) is 5.10. The Morgan fingerprint density at radius 1 is 1.38 bits per heavy atom. The summed E-state index contributed by atoms with van der Waals surface area (Å²) in [5, 5.41) is 10.6. The normalized spacial score (nSPS) is 10.6. The highest BCUT2D eigenvalue weighted by molar-refractivity contribution is 5.96. The summed E-state index contributed by atoms with van der Waals surface area (Å²) < 4.78 is 24.7. The molecule has 8 heteroatoms. The van der Waals surface area contributed by atoms with E-state index in [1.165, 1.54) is 23.9 Å². The Balaban J connectivity index is 1.67. The largest absolute Gasteiger partial charge is 0.479 e. The molecule has 124 valence electrons. The molecule has 0 saturated carbocycles. The topological polar surface area (TPSA) is 82.2 Å². The summed E-state index contributed by atoms with van der Waals surface area (Å²) >= 11 is 0. The lowest BCUT2D eigenvalue weighted by Gasteiger charge is -2.01. The molecular weight excluding hydrogens is 315 g/mol. The van der Waals surface area contributed by atoms with Gasteiger partial charge in [-0.3, -0.25) is 9.48 Å². The van der Waals surface area contributed by atoms with Gasteiger partial charge in [0.2, 0.25) is 5.88 Å². The van der Waals surface area contributed by atoms with Crippen molar-refractivity contribution in [2.75, 3.05) is 7.11 Å². The Hall–Kier alpha value is -3.16. The van der Waals surface area contributed by atoms with Crippen LogP contribution in [0.4, 0.5) is 4.39 Å². The Bertz CT molecular complexity index is 855. The molecule has 3 aromatic rings. The van der Waals surface area contributed by atoms with Gasteiger partial charge in [0, 0.05) is 24.9 Å². The number of ether oxygens (including phenoxy) is 1. The fourth-order valence-electron chi connectivity index (χ4n) is 2.19. The highest BCUT2D eigenvalue weighted by Crippen LogP contribution is 2.21. The van der Waals surface area contributed by atoms with Crippen LogP contribution in [-0.2, 0) is 13.6 Å². The van der Waals surface area contributed by atoms with Crippen LogP contribution >= 0.6 is 0 Å². The third kappa shape index (κ3) is 3.27. The van der Waals surface area contributed by atoms with E-state index in [2.05, 4.69) is 15.6 Å². The summed E-state index contributed by atoms with van der Waals surface area (Å²) in [4.78, 5) is 12.2. The molecular formula is C16H15FN4O3. The van der Waals surface area contributed by atoms with Crippen LogP contribution in [0.2, 0.25) is 0 Å². The van der Waals surface area contributed by atoms with Gasteiger partial charge in [0.05, 0.1) is 13.7 Å². The lowest BCUT2D eigenvalue weighted by Crippen LogP contribution is -2.23. The number of nitrogens with one attached hydrogen (secondary N) is 1. The monoisotopic (exact) mass is 330 g/mol. The van der Waals surface area contributed by atoms with Crippen molar-refractivity contribution in [1.82, 2.24) is 20.3 Å². The van der Waals surface area contributed by atoms with Crippen LogP contribution in [0, 0.1) is 5.82 Å². The van der Waals surface area contributed by atoms with E-state index in [1.54, 1.807) is 31.4 Å². The van der Waals surface area contributed by atoms with Crippen LogP contribution in [0.15, 0.2) is 41.1 Å². The van der Waals surface area contributed by atoms with Gasteiger partial charge in [-0.15, -0.1) is 5.10 Å². The third-order valence-corrected chi connectivity index (χ3v) is 3.35. The minimum Gasteiger partial charge on any atom is -0.479 e. The fourth-order valence-corrected chi connectivity index (χ4v) is 2.19. The van der Waals surface area contributed by atoms with Crippen molar-refractivity contribution in [2.24, 2.45) is 7.05 Å². The standard InChI is InChI=1S/C16H15FN4O3/c1-21-9-13(16(19-21)23-2)15(22)18-8-12-7-14(24-20-12)10-3-5-11(17)6-4-10/h3-7,9H,8H2,1-2H3,(H,18,22). The molecule has 0 spiro atoms. The van der Waals surface area contributed by atoms with Gasteiger partial charge in [0.15, 0.2) is 5.76 Å². The molecule has 24 heavy (non-hydrogen) atoms. The van der Waals surface area contributed by atoms with Gasteiger partial charge < -0.3 is 14.6 Å². The number of methoxy groups -OCH3 is 1. The molecule has 0 fully saturated rings. The highest BCUT2D eigenvalue weighted by Gasteiger charge is 2.16. The zero-order chi connectivity index (χ0) is 17.1. The second-order valence-electron chi connectivity index (χ2n) is 5.10. The fraction of sp³-hybridized carbons (Fsp3) is 0.188. The predicted octanol–water partition coefficient (Wildman–Crippen LogP) is 2.15. The van der Waals surface area contributed by atoms with Crippen LogP contribution in [-0.4, -0.2) is 28.0 Å². The van der Waals surface area contributed by atoms with Crippen molar-refractivity contribution in [2.45, 2.75) is 6.54 Å². The first-order valence-corrected chi connectivity index (χ1v) is 7.14. The van der Waals surface area contributed by atoms with E-state index < -0.39 is 0 Å². The second kappa shape index (κ2) is 6.53. The molecule has 1 aromatic carbocycles. The van der Waals surface area contributed by atoms with Crippen molar-refractivity contribution in [3.63, 3.8) is 0 Å². The maximum absolute atomic E-state index is 12.9. The Kier molecular flexibility index (Phi) is 4.28. The summed E-state index contributed by atoms with van der Waals surface area (Å²) in [7, 11) is 3.15. The van der Waals surface area contributed by atoms with Gasteiger partial charge in [0.1, 0.15) is 17.1 Å². The van der Waals surface area contributed by atoms with Crippen LogP contribution in [0.3, 0.4) is 0 Å². The number of benzene rings is 1. The molecule has 0 aliphatic heterocycles. The molecule has 0 unspecified atom stereocenters. The molecule has 3 rings (SSSR count). The first-order chi connectivity index (χ1) is 11.6. The molecule has 0 bridgehead atoms. The Morgan fingerprint density at radius 3 is 2.83 bits per heavy atom. The van der Waals surface area contributed by atoms with Gasteiger partial charge >= 0.3 is 0 Å². The van der Waals surface area contributed by atoms with Crippen molar-refractivity contribution < 1.29 is 18.4 Å². The number of hydrogen-bond acceptors (Lipinski definition) is 5. The van der Waals surface area contributed by atoms with Crippen LogP contribution in [0.25, 0.3) is 11.3 Å². The zero-order valence-electron chi connectivity index (χ0n) is 13.1. The zero-order valence-corrected chi connectivity index (χ0v) is 13.1. The van der Waals surface area contributed by atoms with Crippen LogP contribution < -0.4 is 10.1 Å². The smallest absolute Gasteiger partial charge is 0.258 e. The number of carbonyl (C=O) groups is 1. The molecule has 0 atom stereocenters. The van der Waals surface area contributed by atoms with E-state index in [4.69, 9.17) is 9.26 Å². The van der Waals surface area contributed by atoms with Crippen molar-refractivity contribution in [3.05, 3.63) is 53.6 Å². The molecule has 0 saturated heterocycles. The number of hydrogen-bond donors (Lipinski definition) is 1. The molecule has 2 aromatic heterocycles. The first-order valence-electron chi connectivity index (χ1n) is 7.14. The molecule has 2 heterocycles. The summed E-state index contributed by atoms with van der Waals surface area (Å²) in [5.74, 6) is 0.0998. The lowest BCUT2D eigenvalue weighted by atomic mass is 10.1. The molecule has 0 aliphatic rings. The Labute approximate surface area is 137 Å². The molecule has 0 aliphatic carbocycles. The summed E-state index contributed by atoms with van der Waals surface area (Å²) in [5.41, 5.74) is 1.59. The number of aryl methyl sites for hydroxylation is 1. The number of halogens is 1. The number of carbonyl (C=O) groups excluding carboxylic acids is 1. The Morgan fingerprint density at radius 2 is 2.12 bits per heavy atom. The van der Waals surface area contributed by atoms with Crippen molar-refractivity contribution >= 4 is 5.91 Å². The number of nitrogens with zero attached hydrogens (tertiary/aromatic N) is 3. The van der Waals surface area contributed by atoms with E-state index in [0.29, 0.717) is 22.6 Å². The first kappa shape index (κ1) is 15.7. The predicted molar refractivity (Wildman–Crippen MR) is 82.8 cm³/mol. The lowest BCUT2D eigenvalue weighted by molar-refractivity contribution is 0.0947. The van der Waals surface area contributed by atoms with Gasteiger partial charge in [-0.1, -0.05) is 5.16 Å². The van der Waals surface area contributed by atoms with Crippen LogP contribution in [0.1, 0.15) is 16.1 Å². The molecule has 7 nitrogen and oxygen atoms in total. The summed E-state index contributed by atoms with van der Waals surface area (Å²) in [6, 6.07) is 7.56. The average molecular weight is 330 g/mol. The number of amides is 1.